The first-order valence-electron chi connectivity index (χ1n) is 7.94. The van der Waals surface area contributed by atoms with Gasteiger partial charge in [0.2, 0.25) is 0 Å². The van der Waals surface area contributed by atoms with Gasteiger partial charge in [0.15, 0.2) is 5.96 Å². The second-order valence-electron chi connectivity index (χ2n) is 5.86. The summed E-state index contributed by atoms with van der Waals surface area (Å²) in [5, 5.41) is 3.43. The van der Waals surface area contributed by atoms with Crippen LogP contribution in [0.1, 0.15) is 26.2 Å². The maximum atomic E-state index is 5.46. The molecule has 2 fully saturated rings. The summed E-state index contributed by atoms with van der Waals surface area (Å²) in [5.74, 6) is 5.14. The average molecular weight is 427 g/mol. The summed E-state index contributed by atoms with van der Waals surface area (Å²) in [6, 6.07) is 0. The summed E-state index contributed by atoms with van der Waals surface area (Å²) in [7, 11) is 2.15. The van der Waals surface area contributed by atoms with Crippen molar-refractivity contribution in [1.82, 2.24) is 10.2 Å². The molecule has 1 atom stereocenters. The van der Waals surface area contributed by atoms with Crippen molar-refractivity contribution in [3.8, 4) is 0 Å². The normalized spacial score (nSPS) is 23.7. The number of aliphatic imine (C=N–C) groups is 1. The SMILES string of the molecule is CCNC(=NCC1CCSCC1)N(C)CC1CCOC1.I. The van der Waals surface area contributed by atoms with Crippen molar-refractivity contribution >= 4 is 41.7 Å². The van der Waals surface area contributed by atoms with Crippen LogP contribution in [-0.4, -0.2) is 62.3 Å². The van der Waals surface area contributed by atoms with E-state index in [9.17, 15) is 0 Å². The maximum Gasteiger partial charge on any atom is 0.193 e. The van der Waals surface area contributed by atoms with E-state index < -0.39 is 0 Å². The van der Waals surface area contributed by atoms with E-state index in [1.807, 2.05) is 0 Å². The van der Waals surface area contributed by atoms with Crippen LogP contribution in [-0.2, 0) is 4.74 Å². The molecular weight excluding hydrogens is 397 g/mol. The smallest absolute Gasteiger partial charge is 0.193 e. The quantitative estimate of drug-likeness (QED) is 0.416. The largest absolute Gasteiger partial charge is 0.381 e. The van der Waals surface area contributed by atoms with Crippen LogP contribution in [0.15, 0.2) is 4.99 Å². The Balaban J connectivity index is 0.00000220. The Kier molecular flexibility index (Phi) is 10.1. The molecule has 0 saturated carbocycles. The molecule has 6 heteroatoms. The molecule has 1 unspecified atom stereocenters. The highest BCUT2D eigenvalue weighted by molar-refractivity contribution is 14.0. The number of guanidine groups is 1. The number of thioether (sulfide) groups is 1. The van der Waals surface area contributed by atoms with Crippen molar-refractivity contribution in [2.24, 2.45) is 16.8 Å². The number of hydrogen-bond donors (Lipinski definition) is 1. The second-order valence-corrected chi connectivity index (χ2v) is 7.09. The third kappa shape index (κ3) is 6.95. The molecule has 0 bridgehead atoms. The fourth-order valence-electron chi connectivity index (χ4n) is 2.82. The number of halogens is 1. The molecule has 2 aliphatic heterocycles. The predicted octanol–water partition coefficient (Wildman–Crippen LogP) is 2.68. The molecule has 2 rings (SSSR count). The molecule has 0 aromatic heterocycles. The van der Waals surface area contributed by atoms with E-state index in [2.05, 4.69) is 35.9 Å². The molecular formula is C15H30IN3OS. The molecule has 0 aromatic rings. The highest BCUT2D eigenvalue weighted by Crippen LogP contribution is 2.22. The van der Waals surface area contributed by atoms with Crippen molar-refractivity contribution in [2.45, 2.75) is 26.2 Å². The molecule has 21 heavy (non-hydrogen) atoms. The Morgan fingerprint density at radius 3 is 2.67 bits per heavy atom. The van der Waals surface area contributed by atoms with Crippen LogP contribution in [0.2, 0.25) is 0 Å². The minimum absolute atomic E-state index is 0. The lowest BCUT2D eigenvalue weighted by Crippen LogP contribution is -2.41. The summed E-state index contributed by atoms with van der Waals surface area (Å²) in [6.45, 7) is 6.93. The zero-order valence-corrected chi connectivity index (χ0v) is 16.5. The molecule has 2 aliphatic rings. The van der Waals surface area contributed by atoms with Gasteiger partial charge in [0, 0.05) is 39.2 Å². The van der Waals surface area contributed by atoms with Gasteiger partial charge in [-0.25, -0.2) is 0 Å². The van der Waals surface area contributed by atoms with E-state index in [-0.39, 0.29) is 24.0 Å². The van der Waals surface area contributed by atoms with Gasteiger partial charge in [0.05, 0.1) is 6.61 Å². The number of rotatable bonds is 5. The maximum absolute atomic E-state index is 5.46. The van der Waals surface area contributed by atoms with Gasteiger partial charge in [-0.3, -0.25) is 4.99 Å². The van der Waals surface area contributed by atoms with Gasteiger partial charge in [-0.15, -0.1) is 24.0 Å². The Morgan fingerprint density at radius 2 is 2.05 bits per heavy atom. The minimum atomic E-state index is 0. The topological polar surface area (TPSA) is 36.9 Å². The van der Waals surface area contributed by atoms with Crippen molar-refractivity contribution < 1.29 is 4.74 Å². The lowest BCUT2D eigenvalue weighted by molar-refractivity contribution is 0.181. The van der Waals surface area contributed by atoms with Crippen molar-refractivity contribution in [1.29, 1.82) is 0 Å². The van der Waals surface area contributed by atoms with Gasteiger partial charge < -0.3 is 15.0 Å². The zero-order valence-electron chi connectivity index (χ0n) is 13.3. The fourth-order valence-corrected chi connectivity index (χ4v) is 4.02. The van der Waals surface area contributed by atoms with E-state index in [1.165, 1.54) is 30.8 Å². The van der Waals surface area contributed by atoms with E-state index in [4.69, 9.17) is 9.73 Å². The van der Waals surface area contributed by atoms with Crippen LogP contribution < -0.4 is 5.32 Å². The van der Waals surface area contributed by atoms with Crippen LogP contribution in [0, 0.1) is 11.8 Å². The van der Waals surface area contributed by atoms with Crippen LogP contribution in [0.3, 0.4) is 0 Å². The van der Waals surface area contributed by atoms with Gasteiger partial charge >= 0.3 is 0 Å². The monoisotopic (exact) mass is 427 g/mol. The Bertz CT molecular complexity index is 305. The highest BCUT2D eigenvalue weighted by atomic mass is 127. The van der Waals surface area contributed by atoms with Gasteiger partial charge in [-0.2, -0.15) is 11.8 Å². The summed E-state index contributed by atoms with van der Waals surface area (Å²) in [5.41, 5.74) is 0. The molecule has 0 aliphatic carbocycles. The Labute approximate surface area is 150 Å². The first-order valence-corrected chi connectivity index (χ1v) is 9.10. The summed E-state index contributed by atoms with van der Waals surface area (Å²) < 4.78 is 5.46. The van der Waals surface area contributed by atoms with Crippen LogP contribution in [0.5, 0.6) is 0 Å². The standard InChI is InChI=1S/C15H29N3OS.HI/c1-3-16-15(17-10-13-5-8-20-9-6-13)18(2)11-14-4-7-19-12-14;/h13-14H,3-12H2,1-2H3,(H,16,17);1H. The summed E-state index contributed by atoms with van der Waals surface area (Å²) >= 11 is 2.08. The Morgan fingerprint density at radius 1 is 1.29 bits per heavy atom. The molecule has 0 aromatic carbocycles. The fraction of sp³-hybridized carbons (Fsp3) is 0.933. The molecule has 1 N–H and O–H groups in total. The number of ether oxygens (including phenoxy) is 1. The molecule has 2 heterocycles. The molecule has 4 nitrogen and oxygen atoms in total. The average Bonchev–Trinajstić information content (AvgIpc) is 2.97. The van der Waals surface area contributed by atoms with E-state index >= 15 is 0 Å². The van der Waals surface area contributed by atoms with E-state index in [1.54, 1.807) is 0 Å². The van der Waals surface area contributed by atoms with Gasteiger partial charge in [-0.1, -0.05) is 0 Å². The molecule has 2 saturated heterocycles. The van der Waals surface area contributed by atoms with Crippen molar-refractivity contribution in [3.63, 3.8) is 0 Å². The van der Waals surface area contributed by atoms with Gasteiger partial charge in [0.1, 0.15) is 0 Å². The van der Waals surface area contributed by atoms with Crippen molar-refractivity contribution in [3.05, 3.63) is 0 Å². The molecule has 0 spiro atoms. The third-order valence-corrected chi connectivity index (χ3v) is 5.14. The van der Waals surface area contributed by atoms with Crippen LogP contribution in [0.25, 0.3) is 0 Å². The van der Waals surface area contributed by atoms with E-state index in [0.717, 1.165) is 44.7 Å². The summed E-state index contributed by atoms with van der Waals surface area (Å²) in [4.78, 5) is 7.14. The molecule has 0 radical (unpaired) electrons. The first-order chi connectivity index (χ1) is 9.79. The van der Waals surface area contributed by atoms with Crippen LogP contribution >= 0.6 is 35.7 Å². The predicted molar refractivity (Wildman–Crippen MR) is 103 cm³/mol. The number of nitrogens with one attached hydrogen (secondary N) is 1. The Hall–Kier alpha value is 0.310. The van der Waals surface area contributed by atoms with Gasteiger partial charge in [-0.05, 0) is 43.6 Å². The number of nitrogens with zero attached hydrogens (tertiary/aromatic N) is 2. The minimum Gasteiger partial charge on any atom is -0.381 e. The second kappa shape index (κ2) is 10.9. The van der Waals surface area contributed by atoms with Crippen LogP contribution in [0.4, 0.5) is 0 Å². The third-order valence-electron chi connectivity index (χ3n) is 4.09. The zero-order chi connectivity index (χ0) is 14.2. The lowest BCUT2D eigenvalue weighted by atomic mass is 10.0. The highest BCUT2D eigenvalue weighted by Gasteiger charge is 2.19. The molecule has 124 valence electrons. The lowest BCUT2D eigenvalue weighted by Gasteiger charge is -2.26. The van der Waals surface area contributed by atoms with E-state index in [0.29, 0.717) is 5.92 Å². The molecule has 0 amide bonds. The van der Waals surface area contributed by atoms with Crippen molar-refractivity contribution in [2.75, 3.05) is 51.4 Å². The van der Waals surface area contributed by atoms with Gasteiger partial charge in [0.25, 0.3) is 0 Å². The summed E-state index contributed by atoms with van der Waals surface area (Å²) in [6.07, 6.45) is 3.84. The number of hydrogen-bond acceptors (Lipinski definition) is 3. The first kappa shape index (κ1) is 19.4.